The van der Waals surface area contributed by atoms with Gasteiger partial charge >= 0.3 is 0 Å². The molecule has 0 bridgehead atoms. The Bertz CT molecular complexity index is 1060. The van der Waals surface area contributed by atoms with Crippen LogP contribution in [0.2, 0.25) is 0 Å². The molecule has 0 aliphatic heterocycles. The van der Waals surface area contributed by atoms with E-state index < -0.39 is 15.9 Å². The summed E-state index contributed by atoms with van der Waals surface area (Å²) in [4.78, 5) is 12.7. The maximum absolute atomic E-state index is 12.8. The van der Waals surface area contributed by atoms with Crippen molar-refractivity contribution in [3.05, 3.63) is 82.2 Å². The number of carbonyl (C=O) groups excluding carboxylic acids is 1. The lowest BCUT2D eigenvalue weighted by Gasteiger charge is -2.14. The summed E-state index contributed by atoms with van der Waals surface area (Å²) in [6.45, 7) is 1.92. The van der Waals surface area contributed by atoms with Crippen molar-refractivity contribution in [2.24, 2.45) is 0 Å². The van der Waals surface area contributed by atoms with Crippen molar-refractivity contribution in [1.82, 2.24) is 5.32 Å². The van der Waals surface area contributed by atoms with Gasteiger partial charge in [0, 0.05) is 4.47 Å². The Morgan fingerprint density at radius 1 is 1.11 bits per heavy atom. The molecule has 6 nitrogen and oxygen atoms in total. The average molecular weight is 449 g/mol. The second-order valence-electron chi connectivity index (χ2n) is 5.82. The molecule has 8 heteroatoms. The van der Waals surface area contributed by atoms with E-state index in [1.807, 2.05) is 0 Å². The third-order valence-corrected chi connectivity index (χ3v) is 5.86. The lowest BCUT2D eigenvalue weighted by Crippen LogP contribution is -2.25. The third-order valence-electron chi connectivity index (χ3n) is 3.86. The van der Waals surface area contributed by atoms with Crippen molar-refractivity contribution in [2.75, 3.05) is 4.72 Å². The van der Waals surface area contributed by atoms with Crippen LogP contribution in [-0.4, -0.2) is 14.3 Å². The summed E-state index contributed by atoms with van der Waals surface area (Å²) in [5, 5.41) is 2.71. The van der Waals surface area contributed by atoms with Gasteiger partial charge in [0.05, 0.1) is 29.0 Å². The largest absolute Gasteiger partial charge is 0.467 e. The van der Waals surface area contributed by atoms with Crippen LogP contribution >= 0.6 is 15.9 Å². The molecule has 0 saturated carbocycles. The quantitative estimate of drug-likeness (QED) is 0.594. The standard InChI is InChI=1S/C19H17BrN2O4S/c1-13-8-9-14(20)11-18(13)27(24,25)22-17-7-3-2-6-16(17)19(23)21-12-15-5-4-10-26-15/h2-11,22H,12H2,1H3,(H,21,23). The molecule has 0 fully saturated rings. The van der Waals surface area contributed by atoms with E-state index >= 15 is 0 Å². The molecule has 0 aliphatic carbocycles. The maximum Gasteiger partial charge on any atom is 0.262 e. The zero-order chi connectivity index (χ0) is 19.4. The first-order chi connectivity index (χ1) is 12.9. The van der Waals surface area contributed by atoms with E-state index in [9.17, 15) is 13.2 Å². The molecular formula is C19H17BrN2O4S. The number of para-hydroxylation sites is 1. The lowest BCUT2D eigenvalue weighted by molar-refractivity contribution is 0.0949. The number of halogens is 1. The molecule has 0 aliphatic rings. The van der Waals surface area contributed by atoms with Gasteiger partial charge in [-0.1, -0.05) is 34.1 Å². The number of sulfonamides is 1. The van der Waals surface area contributed by atoms with Crippen molar-refractivity contribution in [3.8, 4) is 0 Å². The number of hydrogen-bond donors (Lipinski definition) is 2. The van der Waals surface area contributed by atoms with E-state index in [0.717, 1.165) is 0 Å². The van der Waals surface area contributed by atoms with Crippen LogP contribution in [0.5, 0.6) is 0 Å². The van der Waals surface area contributed by atoms with Gasteiger partial charge in [0.25, 0.3) is 15.9 Å². The SMILES string of the molecule is Cc1ccc(Br)cc1S(=O)(=O)Nc1ccccc1C(=O)NCc1ccco1. The molecule has 3 aromatic rings. The highest BCUT2D eigenvalue weighted by atomic mass is 79.9. The van der Waals surface area contributed by atoms with Crippen LogP contribution in [0.15, 0.2) is 74.6 Å². The van der Waals surface area contributed by atoms with E-state index in [4.69, 9.17) is 4.42 Å². The molecule has 0 radical (unpaired) electrons. The van der Waals surface area contributed by atoms with Gasteiger partial charge in [-0.15, -0.1) is 0 Å². The maximum atomic E-state index is 12.8. The van der Waals surface area contributed by atoms with E-state index in [1.165, 1.54) is 12.3 Å². The van der Waals surface area contributed by atoms with E-state index in [-0.39, 0.29) is 22.7 Å². The Labute approximate surface area is 165 Å². The third kappa shape index (κ3) is 4.58. The number of rotatable bonds is 6. The molecule has 2 aromatic carbocycles. The molecule has 1 heterocycles. The highest BCUT2D eigenvalue weighted by molar-refractivity contribution is 9.10. The zero-order valence-electron chi connectivity index (χ0n) is 14.4. The van der Waals surface area contributed by atoms with Gasteiger partial charge < -0.3 is 9.73 Å². The van der Waals surface area contributed by atoms with Crippen molar-refractivity contribution in [2.45, 2.75) is 18.4 Å². The molecule has 1 amide bonds. The van der Waals surface area contributed by atoms with Gasteiger partial charge in [-0.3, -0.25) is 9.52 Å². The van der Waals surface area contributed by atoms with Gasteiger partial charge in [0.1, 0.15) is 5.76 Å². The van der Waals surface area contributed by atoms with Crippen molar-refractivity contribution in [1.29, 1.82) is 0 Å². The minimum atomic E-state index is -3.86. The topological polar surface area (TPSA) is 88.4 Å². The minimum Gasteiger partial charge on any atom is -0.467 e. The second kappa shape index (κ2) is 7.98. The number of anilines is 1. The van der Waals surface area contributed by atoms with Gasteiger partial charge in [0.2, 0.25) is 0 Å². The molecule has 27 heavy (non-hydrogen) atoms. The average Bonchev–Trinajstić information content (AvgIpc) is 3.15. The smallest absolute Gasteiger partial charge is 0.262 e. The molecule has 140 valence electrons. The molecule has 3 rings (SSSR count). The van der Waals surface area contributed by atoms with E-state index in [0.29, 0.717) is 15.8 Å². The molecule has 2 N–H and O–H groups in total. The Hall–Kier alpha value is -2.58. The first kappa shape index (κ1) is 19.2. The van der Waals surface area contributed by atoms with Gasteiger partial charge in [-0.05, 0) is 48.9 Å². The number of benzene rings is 2. The lowest BCUT2D eigenvalue weighted by atomic mass is 10.1. The number of amides is 1. The fourth-order valence-electron chi connectivity index (χ4n) is 2.51. The first-order valence-corrected chi connectivity index (χ1v) is 10.3. The normalized spacial score (nSPS) is 11.2. The number of aryl methyl sites for hydroxylation is 1. The zero-order valence-corrected chi connectivity index (χ0v) is 16.8. The van der Waals surface area contributed by atoms with E-state index in [2.05, 4.69) is 26.0 Å². The van der Waals surface area contributed by atoms with Crippen LogP contribution in [0.25, 0.3) is 0 Å². The minimum absolute atomic E-state index is 0.141. The highest BCUT2D eigenvalue weighted by Gasteiger charge is 2.20. The predicted octanol–water partition coefficient (Wildman–Crippen LogP) is 4.08. The van der Waals surface area contributed by atoms with Crippen LogP contribution in [0, 0.1) is 6.92 Å². The molecule has 1 aromatic heterocycles. The fourth-order valence-corrected chi connectivity index (χ4v) is 4.37. The summed E-state index contributed by atoms with van der Waals surface area (Å²) in [5.41, 5.74) is 1.03. The van der Waals surface area contributed by atoms with Gasteiger partial charge in [0.15, 0.2) is 0 Å². The Morgan fingerprint density at radius 3 is 2.63 bits per heavy atom. The molecule has 0 unspecified atom stereocenters. The summed E-state index contributed by atoms with van der Waals surface area (Å²) in [7, 11) is -3.86. The Morgan fingerprint density at radius 2 is 1.89 bits per heavy atom. The molecule has 0 atom stereocenters. The van der Waals surface area contributed by atoms with Crippen LogP contribution < -0.4 is 10.0 Å². The number of nitrogens with one attached hydrogen (secondary N) is 2. The van der Waals surface area contributed by atoms with Crippen LogP contribution in [0.1, 0.15) is 21.7 Å². The van der Waals surface area contributed by atoms with Gasteiger partial charge in [-0.25, -0.2) is 8.42 Å². The summed E-state index contributed by atoms with van der Waals surface area (Å²) in [6, 6.07) is 14.9. The van der Waals surface area contributed by atoms with Crippen molar-refractivity contribution in [3.63, 3.8) is 0 Å². The van der Waals surface area contributed by atoms with Gasteiger partial charge in [-0.2, -0.15) is 0 Å². The number of furan rings is 1. The summed E-state index contributed by atoms with van der Waals surface area (Å²) in [6.07, 6.45) is 1.52. The fraction of sp³-hybridized carbons (Fsp3) is 0.105. The Balaban J connectivity index is 1.85. The van der Waals surface area contributed by atoms with E-state index in [1.54, 1.807) is 55.5 Å². The summed E-state index contributed by atoms with van der Waals surface area (Å²) in [5.74, 6) is 0.196. The molecular weight excluding hydrogens is 432 g/mol. The number of carbonyl (C=O) groups is 1. The predicted molar refractivity (Wildman–Crippen MR) is 106 cm³/mol. The van der Waals surface area contributed by atoms with Crippen LogP contribution in [-0.2, 0) is 16.6 Å². The first-order valence-electron chi connectivity index (χ1n) is 8.05. The molecule has 0 saturated heterocycles. The van der Waals surface area contributed by atoms with Crippen molar-refractivity contribution < 1.29 is 17.6 Å². The van der Waals surface area contributed by atoms with Crippen LogP contribution in [0.3, 0.4) is 0 Å². The summed E-state index contributed by atoms with van der Waals surface area (Å²) >= 11 is 3.29. The second-order valence-corrected chi connectivity index (χ2v) is 8.39. The Kier molecular flexibility index (Phi) is 5.67. The van der Waals surface area contributed by atoms with Crippen molar-refractivity contribution >= 4 is 37.5 Å². The van der Waals surface area contributed by atoms with Crippen LogP contribution in [0.4, 0.5) is 5.69 Å². The summed E-state index contributed by atoms with van der Waals surface area (Å²) < 4.78 is 34.0. The monoisotopic (exact) mass is 448 g/mol. The highest BCUT2D eigenvalue weighted by Crippen LogP contribution is 2.25. The molecule has 0 spiro atoms. The number of hydrogen-bond acceptors (Lipinski definition) is 4.